The van der Waals surface area contributed by atoms with Crippen molar-refractivity contribution in [2.24, 2.45) is 0 Å². The van der Waals surface area contributed by atoms with E-state index in [0.717, 1.165) is 43.6 Å². The molecule has 2 aromatic heterocycles. The van der Waals surface area contributed by atoms with Crippen molar-refractivity contribution in [1.29, 1.82) is 0 Å². The molecule has 1 fully saturated rings. The summed E-state index contributed by atoms with van der Waals surface area (Å²) in [7, 11) is 2.11. The van der Waals surface area contributed by atoms with Crippen LogP contribution >= 0.6 is 0 Å². The fourth-order valence-corrected chi connectivity index (χ4v) is 3.98. The van der Waals surface area contributed by atoms with E-state index in [1.165, 1.54) is 18.7 Å². The molecule has 1 unspecified atom stereocenters. The highest BCUT2D eigenvalue weighted by Crippen LogP contribution is 2.30. The molecule has 3 heterocycles. The molecule has 1 saturated heterocycles. The lowest BCUT2D eigenvalue weighted by atomic mass is 10.0. The summed E-state index contributed by atoms with van der Waals surface area (Å²) in [4.78, 5) is 23.6. The van der Waals surface area contributed by atoms with Crippen LogP contribution in [0.4, 0.5) is 4.39 Å². The molecule has 0 saturated carbocycles. The summed E-state index contributed by atoms with van der Waals surface area (Å²) in [5, 5.41) is 17.4. The van der Waals surface area contributed by atoms with Crippen molar-refractivity contribution >= 4 is 22.9 Å². The largest absolute Gasteiger partial charge is 0.504 e. The Balaban J connectivity index is 0.000000526. The van der Waals surface area contributed by atoms with Gasteiger partial charge >= 0.3 is 0 Å². The standard InChI is InChI=1S/C24H26FN3O2.C4H10N2/c1-4-6-7-15(3)27-24(30)22-23(29)21-19(20(5-2)28-22)13-17(14-26-21)12-16-8-10-18(25)11-9-16;1-6-3-2-5-4-6/h5,8-11,13-15,29H,2,4,6-7,12H2,1,3H3,(H,27,30);5H,2-4H2,1H3. The molecular weight excluding hydrogens is 457 g/mol. The Morgan fingerprint density at radius 2 is 2.08 bits per heavy atom. The first-order valence-corrected chi connectivity index (χ1v) is 12.4. The number of rotatable bonds is 8. The first-order chi connectivity index (χ1) is 17.3. The zero-order valence-corrected chi connectivity index (χ0v) is 21.4. The number of nitrogens with zero attached hydrogens (tertiary/aromatic N) is 3. The van der Waals surface area contributed by atoms with Crippen molar-refractivity contribution in [3.8, 4) is 5.75 Å². The summed E-state index contributed by atoms with van der Waals surface area (Å²) in [6.07, 6.45) is 6.65. The topological polar surface area (TPSA) is 90.4 Å². The Labute approximate surface area is 212 Å². The van der Waals surface area contributed by atoms with Gasteiger partial charge in [0.15, 0.2) is 11.4 Å². The summed E-state index contributed by atoms with van der Waals surface area (Å²) in [6.45, 7) is 11.3. The van der Waals surface area contributed by atoms with Gasteiger partial charge in [-0.05, 0) is 62.2 Å². The highest BCUT2D eigenvalue weighted by molar-refractivity contribution is 6.02. The predicted molar refractivity (Wildman–Crippen MR) is 142 cm³/mol. The Bertz CT molecular complexity index is 1180. The van der Waals surface area contributed by atoms with Crippen LogP contribution in [0.1, 0.15) is 60.4 Å². The number of halogens is 1. The second-order valence-corrected chi connectivity index (χ2v) is 9.20. The third-order valence-electron chi connectivity index (χ3n) is 6.05. The van der Waals surface area contributed by atoms with E-state index in [1.807, 2.05) is 13.0 Å². The minimum atomic E-state index is -0.432. The van der Waals surface area contributed by atoms with Crippen LogP contribution < -0.4 is 10.6 Å². The minimum absolute atomic E-state index is 0.0208. The number of hydrogen-bond acceptors (Lipinski definition) is 6. The Kier molecular flexibility index (Phi) is 9.90. The molecule has 1 aliphatic heterocycles. The van der Waals surface area contributed by atoms with Gasteiger partial charge in [-0.2, -0.15) is 0 Å². The lowest BCUT2D eigenvalue weighted by Crippen LogP contribution is -2.33. The van der Waals surface area contributed by atoms with Crippen molar-refractivity contribution in [2.75, 3.05) is 26.8 Å². The summed E-state index contributed by atoms with van der Waals surface area (Å²) in [6, 6.07) is 8.11. The average molecular weight is 494 g/mol. The van der Waals surface area contributed by atoms with E-state index in [-0.39, 0.29) is 23.3 Å². The number of unbranched alkanes of at least 4 members (excludes halogenated alkanes) is 1. The van der Waals surface area contributed by atoms with Gasteiger partial charge in [-0.15, -0.1) is 0 Å². The average Bonchev–Trinajstić information content (AvgIpc) is 3.35. The second kappa shape index (κ2) is 13.1. The molecule has 0 radical (unpaired) electrons. The lowest BCUT2D eigenvalue weighted by molar-refractivity contribution is 0.0930. The molecule has 0 bridgehead atoms. The predicted octanol–water partition coefficient (Wildman–Crippen LogP) is 4.50. The van der Waals surface area contributed by atoms with Crippen molar-refractivity contribution in [3.05, 3.63) is 71.4 Å². The maximum Gasteiger partial charge on any atom is 0.274 e. The number of carbonyl (C=O) groups excluding carboxylic acids is 1. The molecule has 1 aliphatic rings. The summed E-state index contributed by atoms with van der Waals surface area (Å²) in [5.41, 5.74) is 2.53. The van der Waals surface area contributed by atoms with Gasteiger partial charge in [-0.25, -0.2) is 9.37 Å². The van der Waals surface area contributed by atoms with Crippen LogP contribution in [-0.2, 0) is 6.42 Å². The Hall–Kier alpha value is -3.36. The maximum absolute atomic E-state index is 13.1. The first-order valence-electron chi connectivity index (χ1n) is 12.4. The second-order valence-electron chi connectivity index (χ2n) is 9.20. The summed E-state index contributed by atoms with van der Waals surface area (Å²) >= 11 is 0. The highest BCUT2D eigenvalue weighted by Gasteiger charge is 2.21. The molecule has 4 rings (SSSR count). The van der Waals surface area contributed by atoms with Crippen molar-refractivity contribution < 1.29 is 14.3 Å². The van der Waals surface area contributed by atoms with E-state index in [2.05, 4.69) is 46.1 Å². The molecule has 7 nitrogen and oxygen atoms in total. The van der Waals surface area contributed by atoms with E-state index in [0.29, 0.717) is 23.0 Å². The fourth-order valence-electron chi connectivity index (χ4n) is 3.98. The number of benzene rings is 1. The van der Waals surface area contributed by atoms with E-state index in [4.69, 9.17) is 0 Å². The molecule has 0 aliphatic carbocycles. The molecule has 36 heavy (non-hydrogen) atoms. The normalized spacial score (nSPS) is 14.2. The first kappa shape index (κ1) is 27.2. The van der Waals surface area contributed by atoms with Crippen molar-refractivity contribution in [2.45, 2.75) is 45.6 Å². The molecule has 1 atom stereocenters. The quantitative estimate of drug-likeness (QED) is 0.428. The maximum atomic E-state index is 13.1. The minimum Gasteiger partial charge on any atom is -0.504 e. The number of nitrogens with one attached hydrogen (secondary N) is 2. The molecule has 192 valence electrons. The smallest absolute Gasteiger partial charge is 0.274 e. The number of aromatic hydroxyl groups is 1. The molecular formula is C28H36FN5O2. The van der Waals surface area contributed by atoms with Crippen LogP contribution in [0.3, 0.4) is 0 Å². The van der Waals surface area contributed by atoms with Gasteiger partial charge < -0.3 is 15.7 Å². The zero-order valence-electron chi connectivity index (χ0n) is 21.4. The van der Waals surface area contributed by atoms with Gasteiger partial charge in [0.05, 0.1) is 5.69 Å². The molecule has 1 amide bonds. The van der Waals surface area contributed by atoms with Gasteiger partial charge in [0.25, 0.3) is 5.91 Å². The molecule has 3 N–H and O–H groups in total. The summed E-state index contributed by atoms with van der Waals surface area (Å²) < 4.78 is 13.1. The number of likely N-dealkylation sites (N-methyl/N-ethyl adjacent to an activating group) is 1. The monoisotopic (exact) mass is 493 g/mol. The van der Waals surface area contributed by atoms with Crippen LogP contribution in [0.2, 0.25) is 0 Å². The lowest BCUT2D eigenvalue weighted by Gasteiger charge is -2.15. The number of carbonyl (C=O) groups is 1. The summed E-state index contributed by atoms with van der Waals surface area (Å²) in [5.74, 6) is -0.962. The third-order valence-corrected chi connectivity index (χ3v) is 6.05. The number of fused-ring (bicyclic) bond motifs is 1. The highest BCUT2D eigenvalue weighted by atomic mass is 19.1. The van der Waals surface area contributed by atoms with Crippen LogP contribution in [0, 0.1) is 5.82 Å². The van der Waals surface area contributed by atoms with Gasteiger partial charge in [0.2, 0.25) is 0 Å². The van der Waals surface area contributed by atoms with Crippen LogP contribution in [-0.4, -0.2) is 58.7 Å². The van der Waals surface area contributed by atoms with Gasteiger partial charge in [0, 0.05) is 37.4 Å². The van der Waals surface area contributed by atoms with Crippen molar-refractivity contribution in [3.63, 3.8) is 0 Å². The van der Waals surface area contributed by atoms with Crippen LogP contribution in [0.5, 0.6) is 5.75 Å². The number of amides is 1. The van der Waals surface area contributed by atoms with Crippen LogP contribution in [0.15, 0.2) is 43.1 Å². The van der Waals surface area contributed by atoms with E-state index in [9.17, 15) is 14.3 Å². The molecule has 3 aromatic rings. The number of pyridine rings is 2. The SMILES string of the molecule is C=Cc1nc(C(=O)NC(C)CCCC)c(O)c2ncc(Cc3ccc(F)cc3)cc12.CN1CCNC1. The molecule has 1 aromatic carbocycles. The zero-order chi connectivity index (χ0) is 26.1. The van der Waals surface area contributed by atoms with Gasteiger partial charge in [-0.3, -0.25) is 14.7 Å². The molecule has 8 heteroatoms. The van der Waals surface area contributed by atoms with E-state index < -0.39 is 5.91 Å². The number of aromatic nitrogens is 2. The Morgan fingerprint density at radius 1 is 1.33 bits per heavy atom. The number of hydrogen-bond donors (Lipinski definition) is 3. The fraction of sp³-hybridized carbons (Fsp3) is 0.393. The van der Waals surface area contributed by atoms with E-state index in [1.54, 1.807) is 24.4 Å². The van der Waals surface area contributed by atoms with Crippen LogP contribution in [0.25, 0.3) is 17.0 Å². The molecule has 0 spiro atoms. The third kappa shape index (κ3) is 7.32. The van der Waals surface area contributed by atoms with Crippen molar-refractivity contribution in [1.82, 2.24) is 25.5 Å². The van der Waals surface area contributed by atoms with Gasteiger partial charge in [-0.1, -0.05) is 38.5 Å². The van der Waals surface area contributed by atoms with Gasteiger partial charge in [0.1, 0.15) is 11.3 Å². The van der Waals surface area contributed by atoms with E-state index >= 15 is 0 Å². The Morgan fingerprint density at radius 3 is 2.67 bits per heavy atom.